The molecule has 2 fully saturated rings. The number of hydrogen-bond donors (Lipinski definition) is 2. The van der Waals surface area contributed by atoms with Crippen molar-refractivity contribution in [3.63, 3.8) is 0 Å². The Hall–Kier alpha value is -1.67. The van der Waals surface area contributed by atoms with Crippen LogP contribution in [0.15, 0.2) is 36.4 Å². The maximum Gasteiger partial charge on any atom is 0.253 e. The first kappa shape index (κ1) is 23.5. The minimum absolute atomic E-state index is 0.0203. The largest absolute Gasteiger partial charge is 0.349 e. The second-order valence-corrected chi connectivity index (χ2v) is 10.2. The first-order valence-corrected chi connectivity index (χ1v) is 11.0. The van der Waals surface area contributed by atoms with Gasteiger partial charge in [0.05, 0.1) is 16.5 Å². The third-order valence-electron chi connectivity index (χ3n) is 5.48. The van der Waals surface area contributed by atoms with E-state index in [0.29, 0.717) is 5.56 Å². The van der Waals surface area contributed by atoms with Crippen LogP contribution in [0.2, 0.25) is 10.0 Å². The average Bonchev–Trinajstić information content (AvgIpc) is 3.23. The van der Waals surface area contributed by atoms with Gasteiger partial charge in [0, 0.05) is 35.5 Å². The van der Waals surface area contributed by atoms with Crippen molar-refractivity contribution in [2.75, 3.05) is 5.32 Å². The van der Waals surface area contributed by atoms with E-state index in [1.165, 1.54) is 30.3 Å². The fourth-order valence-corrected chi connectivity index (χ4v) is 5.11. The number of alkyl halides is 4. The lowest BCUT2D eigenvalue weighted by Gasteiger charge is -2.35. The SMILES string of the molecule is O=C(NC1CC(F)(F)C1)c1cc(NC(=O)[C@H]2[C@H](c3cc(F)cc(Cl)c3)C2(Cl)Cl)ccc1Cl. The van der Waals surface area contributed by atoms with Crippen molar-refractivity contribution in [2.24, 2.45) is 5.92 Å². The molecule has 0 bridgehead atoms. The van der Waals surface area contributed by atoms with Crippen LogP contribution in [0, 0.1) is 11.7 Å². The molecule has 4 nitrogen and oxygen atoms in total. The quantitative estimate of drug-likeness (QED) is 0.457. The number of nitrogens with one attached hydrogen (secondary N) is 2. The van der Waals surface area contributed by atoms with Gasteiger partial charge in [-0.3, -0.25) is 9.59 Å². The molecule has 0 saturated heterocycles. The molecule has 2 aliphatic carbocycles. The van der Waals surface area contributed by atoms with Gasteiger partial charge >= 0.3 is 0 Å². The van der Waals surface area contributed by atoms with Gasteiger partial charge in [-0.1, -0.05) is 23.2 Å². The molecule has 0 unspecified atom stereocenters. The molecule has 0 aliphatic heterocycles. The highest BCUT2D eigenvalue weighted by Gasteiger charge is 2.67. The predicted octanol–water partition coefficient (Wildman–Crippen LogP) is 6.19. The van der Waals surface area contributed by atoms with Gasteiger partial charge in [-0.05, 0) is 42.0 Å². The zero-order valence-corrected chi connectivity index (χ0v) is 19.1. The van der Waals surface area contributed by atoms with E-state index in [9.17, 15) is 22.8 Å². The van der Waals surface area contributed by atoms with E-state index in [2.05, 4.69) is 10.6 Å². The Labute approximate surface area is 201 Å². The summed E-state index contributed by atoms with van der Waals surface area (Å²) in [6, 6.07) is 7.35. The first-order chi connectivity index (χ1) is 14.9. The maximum atomic E-state index is 13.7. The molecule has 0 heterocycles. The highest BCUT2D eigenvalue weighted by molar-refractivity contribution is 6.53. The number of hydrogen-bond acceptors (Lipinski definition) is 2. The molecule has 11 heteroatoms. The van der Waals surface area contributed by atoms with Gasteiger partial charge in [0.15, 0.2) is 0 Å². The fourth-order valence-electron chi connectivity index (χ4n) is 3.85. The third kappa shape index (κ3) is 4.67. The highest BCUT2D eigenvalue weighted by Crippen LogP contribution is 2.65. The zero-order valence-electron chi connectivity index (χ0n) is 16.1. The second-order valence-electron chi connectivity index (χ2n) is 7.95. The molecule has 0 radical (unpaired) electrons. The number of benzene rings is 2. The minimum atomic E-state index is -2.78. The van der Waals surface area contributed by atoms with Crippen molar-refractivity contribution in [1.29, 1.82) is 0 Å². The van der Waals surface area contributed by atoms with Crippen LogP contribution in [0.25, 0.3) is 0 Å². The van der Waals surface area contributed by atoms with Gasteiger partial charge in [0.1, 0.15) is 10.2 Å². The number of halogens is 7. The van der Waals surface area contributed by atoms with Crippen LogP contribution >= 0.6 is 46.4 Å². The Balaban J connectivity index is 1.46. The molecular formula is C21H15Cl4F3N2O2. The summed E-state index contributed by atoms with van der Waals surface area (Å²) in [5, 5.41) is 5.34. The summed E-state index contributed by atoms with van der Waals surface area (Å²) in [5.74, 6) is -6.12. The molecule has 2 N–H and O–H groups in total. The summed E-state index contributed by atoms with van der Waals surface area (Å²) in [4.78, 5) is 25.2. The van der Waals surface area contributed by atoms with E-state index < -0.39 is 58.6 Å². The van der Waals surface area contributed by atoms with E-state index in [-0.39, 0.29) is 21.3 Å². The zero-order chi connectivity index (χ0) is 23.4. The van der Waals surface area contributed by atoms with Crippen LogP contribution < -0.4 is 10.6 Å². The summed E-state index contributed by atoms with van der Waals surface area (Å²) in [6.45, 7) is 0. The van der Waals surface area contributed by atoms with E-state index in [0.717, 1.165) is 6.07 Å². The van der Waals surface area contributed by atoms with E-state index in [4.69, 9.17) is 46.4 Å². The molecule has 170 valence electrons. The van der Waals surface area contributed by atoms with Gasteiger partial charge in [0.25, 0.3) is 11.8 Å². The van der Waals surface area contributed by atoms with Crippen LogP contribution in [0.5, 0.6) is 0 Å². The molecule has 2 atom stereocenters. The third-order valence-corrected chi connectivity index (χ3v) is 6.97. The van der Waals surface area contributed by atoms with Crippen molar-refractivity contribution < 1.29 is 22.8 Å². The normalized spacial score (nSPS) is 23.2. The number of rotatable bonds is 5. The van der Waals surface area contributed by atoms with Crippen molar-refractivity contribution in [3.8, 4) is 0 Å². The number of carbonyl (C=O) groups excluding carboxylic acids is 2. The molecule has 0 spiro atoms. The Kier molecular flexibility index (Phi) is 6.07. The molecule has 2 aromatic carbocycles. The van der Waals surface area contributed by atoms with Gasteiger partial charge in [-0.15, -0.1) is 23.2 Å². The molecule has 2 aliphatic rings. The lowest BCUT2D eigenvalue weighted by molar-refractivity contribution is -0.117. The Bertz CT molecular complexity index is 1080. The first-order valence-electron chi connectivity index (χ1n) is 9.50. The van der Waals surface area contributed by atoms with E-state index in [1.807, 2.05) is 0 Å². The summed E-state index contributed by atoms with van der Waals surface area (Å²) in [6.07, 6.45) is -0.874. The second kappa shape index (κ2) is 8.28. The van der Waals surface area contributed by atoms with Gasteiger partial charge in [-0.25, -0.2) is 13.2 Å². The van der Waals surface area contributed by atoms with Crippen LogP contribution in [0.3, 0.4) is 0 Å². The number of carbonyl (C=O) groups is 2. The smallest absolute Gasteiger partial charge is 0.253 e. The van der Waals surface area contributed by atoms with Crippen molar-refractivity contribution in [3.05, 3.63) is 63.4 Å². The summed E-state index contributed by atoms with van der Waals surface area (Å²) in [7, 11) is 0. The lowest BCUT2D eigenvalue weighted by atomic mass is 9.88. The Morgan fingerprint density at radius 1 is 1.03 bits per heavy atom. The van der Waals surface area contributed by atoms with Crippen LogP contribution in [-0.4, -0.2) is 28.1 Å². The summed E-state index contributed by atoms with van der Waals surface area (Å²) >= 11 is 24.5. The molecule has 2 amide bonds. The molecule has 0 aromatic heterocycles. The fraction of sp³-hybridized carbons (Fsp3) is 0.333. The lowest BCUT2D eigenvalue weighted by Crippen LogP contribution is -2.50. The minimum Gasteiger partial charge on any atom is -0.349 e. The van der Waals surface area contributed by atoms with E-state index in [1.54, 1.807) is 0 Å². The van der Waals surface area contributed by atoms with Gasteiger partial charge in [0.2, 0.25) is 5.91 Å². The average molecular weight is 526 g/mol. The molecule has 32 heavy (non-hydrogen) atoms. The maximum absolute atomic E-state index is 13.7. The summed E-state index contributed by atoms with van der Waals surface area (Å²) < 4.78 is 38.2. The summed E-state index contributed by atoms with van der Waals surface area (Å²) in [5.41, 5.74) is 0.635. The standard InChI is InChI=1S/C21H15Cl4F3N2O2/c22-10-3-9(4-11(26)5-10)16-17(21(16,24)25)19(32)29-12-1-2-15(23)14(6-12)18(31)30-13-7-20(27,28)8-13/h1-6,13,16-17H,7-8H2,(H,29,32)(H,30,31)/t16-,17+/m0/s1. The topological polar surface area (TPSA) is 58.2 Å². The molecule has 2 saturated carbocycles. The molecular weight excluding hydrogens is 511 g/mol. The van der Waals surface area contributed by atoms with Gasteiger partial charge < -0.3 is 10.6 Å². The van der Waals surface area contributed by atoms with Gasteiger partial charge in [-0.2, -0.15) is 0 Å². The molecule has 4 rings (SSSR count). The highest BCUT2D eigenvalue weighted by atomic mass is 35.5. The monoisotopic (exact) mass is 524 g/mol. The van der Waals surface area contributed by atoms with Crippen molar-refractivity contribution in [1.82, 2.24) is 5.32 Å². The van der Waals surface area contributed by atoms with Crippen molar-refractivity contribution in [2.45, 2.75) is 35.1 Å². The predicted molar refractivity (Wildman–Crippen MR) is 118 cm³/mol. The number of anilines is 1. The van der Waals surface area contributed by atoms with Crippen LogP contribution in [-0.2, 0) is 4.79 Å². The Morgan fingerprint density at radius 3 is 2.34 bits per heavy atom. The van der Waals surface area contributed by atoms with E-state index >= 15 is 0 Å². The van der Waals surface area contributed by atoms with Crippen LogP contribution in [0.1, 0.15) is 34.7 Å². The molecule has 2 aromatic rings. The van der Waals surface area contributed by atoms with Crippen molar-refractivity contribution >= 4 is 63.9 Å². The number of amides is 2. The van der Waals surface area contributed by atoms with Crippen LogP contribution in [0.4, 0.5) is 18.9 Å². The Morgan fingerprint density at radius 2 is 1.72 bits per heavy atom.